The lowest BCUT2D eigenvalue weighted by molar-refractivity contribution is -0.0735. The van der Waals surface area contributed by atoms with Crippen molar-refractivity contribution < 1.29 is 4.74 Å². The van der Waals surface area contributed by atoms with Crippen LogP contribution in [0.2, 0.25) is 0 Å². The lowest BCUT2D eigenvalue weighted by Crippen LogP contribution is -2.41. The van der Waals surface area contributed by atoms with Gasteiger partial charge in [0.2, 0.25) is 0 Å². The summed E-state index contributed by atoms with van der Waals surface area (Å²) in [4.78, 5) is 3.33. The molecule has 0 aromatic carbocycles. The maximum Gasteiger partial charge on any atom is 0.0710 e. The second-order valence-corrected chi connectivity index (χ2v) is 8.78. The zero-order valence-electron chi connectivity index (χ0n) is 13.0. The van der Waals surface area contributed by atoms with Gasteiger partial charge in [0, 0.05) is 11.4 Å². The molecular weight excluding hydrogens is 314 g/mol. The predicted octanol–water partition coefficient (Wildman–Crippen LogP) is 4.36. The molecule has 1 spiro atoms. The minimum absolute atomic E-state index is 0.297. The summed E-state index contributed by atoms with van der Waals surface area (Å²) in [5.41, 5.74) is 0.297. The molecule has 3 heteroatoms. The molecule has 116 valence electrons. The summed E-state index contributed by atoms with van der Waals surface area (Å²) in [6.07, 6.45) is 12.7. The second-order valence-electron chi connectivity index (χ2n) is 7.34. The first-order chi connectivity index (χ1) is 9.67. The summed E-state index contributed by atoms with van der Waals surface area (Å²) in [5, 5.41) is 0. The van der Waals surface area contributed by atoms with E-state index in [1.165, 1.54) is 77.4 Å². The summed E-state index contributed by atoms with van der Waals surface area (Å²) < 4.78 is 6.52. The molecule has 2 unspecified atom stereocenters. The van der Waals surface area contributed by atoms with Gasteiger partial charge in [0.05, 0.1) is 11.7 Å². The summed E-state index contributed by atoms with van der Waals surface area (Å²) in [6, 6.07) is 0. The molecule has 0 bridgehead atoms. The molecule has 1 saturated carbocycles. The van der Waals surface area contributed by atoms with Crippen LogP contribution in [0.25, 0.3) is 0 Å². The molecule has 2 nitrogen and oxygen atoms in total. The van der Waals surface area contributed by atoms with Crippen molar-refractivity contribution in [1.82, 2.24) is 4.90 Å². The van der Waals surface area contributed by atoms with Crippen molar-refractivity contribution in [3.8, 4) is 0 Å². The molecule has 0 amide bonds. The molecule has 3 fully saturated rings. The first kappa shape index (κ1) is 15.3. The van der Waals surface area contributed by atoms with E-state index < -0.39 is 0 Å². The van der Waals surface area contributed by atoms with Crippen LogP contribution < -0.4 is 0 Å². The molecule has 2 aliphatic heterocycles. The summed E-state index contributed by atoms with van der Waals surface area (Å²) in [6.45, 7) is 6.03. The molecule has 0 radical (unpaired) electrons. The van der Waals surface area contributed by atoms with Crippen molar-refractivity contribution in [2.45, 2.75) is 81.2 Å². The quantitative estimate of drug-likeness (QED) is 0.705. The van der Waals surface area contributed by atoms with Crippen LogP contribution in [0.3, 0.4) is 0 Å². The standard InChI is InChI=1S/C17H30BrNO/c1-14(18)15-6-11-19(12-7-15)13-16-5-10-17(20-16)8-3-2-4-9-17/h14-16H,2-13H2,1H3. The number of likely N-dealkylation sites (tertiary alicyclic amines) is 1. The summed E-state index contributed by atoms with van der Waals surface area (Å²) in [7, 11) is 0. The van der Waals surface area contributed by atoms with Gasteiger partial charge in [-0.1, -0.05) is 42.1 Å². The number of piperidine rings is 1. The highest BCUT2D eigenvalue weighted by Crippen LogP contribution is 2.42. The Morgan fingerprint density at radius 2 is 1.80 bits per heavy atom. The van der Waals surface area contributed by atoms with Crippen LogP contribution in [0.4, 0.5) is 0 Å². The number of halogens is 1. The number of hydrogen-bond acceptors (Lipinski definition) is 2. The Bertz CT molecular complexity index is 306. The Morgan fingerprint density at radius 1 is 1.10 bits per heavy atom. The highest BCUT2D eigenvalue weighted by Gasteiger charge is 2.41. The minimum Gasteiger partial charge on any atom is -0.370 e. The maximum absolute atomic E-state index is 6.52. The normalized spacial score (nSPS) is 33.6. The third-order valence-corrected chi connectivity index (χ3v) is 6.59. The van der Waals surface area contributed by atoms with Crippen LogP contribution in [0.1, 0.15) is 64.7 Å². The van der Waals surface area contributed by atoms with Gasteiger partial charge in [-0.3, -0.25) is 0 Å². The van der Waals surface area contributed by atoms with Gasteiger partial charge in [-0.05, 0) is 57.5 Å². The van der Waals surface area contributed by atoms with E-state index in [9.17, 15) is 0 Å². The second kappa shape index (κ2) is 6.66. The third kappa shape index (κ3) is 3.59. The predicted molar refractivity (Wildman–Crippen MR) is 87.5 cm³/mol. The molecule has 0 aromatic rings. The SMILES string of the molecule is CC(Br)C1CCN(CC2CCC3(CCCCC3)O2)CC1. The van der Waals surface area contributed by atoms with Gasteiger partial charge >= 0.3 is 0 Å². The van der Waals surface area contributed by atoms with Crippen molar-refractivity contribution in [3.05, 3.63) is 0 Å². The number of nitrogens with zero attached hydrogens (tertiary/aromatic N) is 1. The van der Waals surface area contributed by atoms with Gasteiger partial charge in [0.25, 0.3) is 0 Å². The third-order valence-electron chi connectivity index (χ3n) is 5.85. The van der Waals surface area contributed by atoms with Crippen LogP contribution in [0, 0.1) is 5.92 Å². The lowest BCUT2D eigenvalue weighted by Gasteiger charge is -2.36. The Morgan fingerprint density at radius 3 is 2.45 bits per heavy atom. The van der Waals surface area contributed by atoms with Crippen LogP contribution in [-0.4, -0.2) is 41.1 Å². The van der Waals surface area contributed by atoms with Crippen molar-refractivity contribution >= 4 is 15.9 Å². The zero-order valence-corrected chi connectivity index (χ0v) is 14.5. The molecule has 1 aliphatic carbocycles. The monoisotopic (exact) mass is 343 g/mol. The first-order valence-electron chi connectivity index (χ1n) is 8.71. The Labute approximate surface area is 132 Å². The minimum atomic E-state index is 0.297. The molecular formula is C17H30BrNO. The van der Waals surface area contributed by atoms with E-state index in [0.29, 0.717) is 16.5 Å². The van der Waals surface area contributed by atoms with Gasteiger partial charge in [-0.15, -0.1) is 0 Å². The fourth-order valence-electron chi connectivity index (χ4n) is 4.47. The van der Waals surface area contributed by atoms with Gasteiger partial charge in [-0.2, -0.15) is 0 Å². The Balaban J connectivity index is 1.43. The molecule has 0 aromatic heterocycles. The van der Waals surface area contributed by atoms with Crippen molar-refractivity contribution in [2.75, 3.05) is 19.6 Å². The zero-order chi connectivity index (χ0) is 14.0. The van der Waals surface area contributed by atoms with Gasteiger partial charge in [0.15, 0.2) is 0 Å². The fraction of sp³-hybridized carbons (Fsp3) is 1.00. The first-order valence-corrected chi connectivity index (χ1v) is 9.63. The smallest absolute Gasteiger partial charge is 0.0710 e. The largest absolute Gasteiger partial charge is 0.370 e. The fourth-order valence-corrected chi connectivity index (χ4v) is 5.00. The highest BCUT2D eigenvalue weighted by atomic mass is 79.9. The average Bonchev–Trinajstić information content (AvgIpc) is 2.83. The van der Waals surface area contributed by atoms with E-state index >= 15 is 0 Å². The van der Waals surface area contributed by atoms with E-state index in [4.69, 9.17) is 4.74 Å². The van der Waals surface area contributed by atoms with Gasteiger partial charge < -0.3 is 9.64 Å². The molecule has 20 heavy (non-hydrogen) atoms. The molecule has 2 saturated heterocycles. The number of alkyl halides is 1. The van der Waals surface area contributed by atoms with E-state index in [-0.39, 0.29) is 0 Å². The molecule has 2 atom stereocenters. The average molecular weight is 344 g/mol. The van der Waals surface area contributed by atoms with Crippen LogP contribution in [0.15, 0.2) is 0 Å². The number of hydrogen-bond donors (Lipinski definition) is 0. The van der Waals surface area contributed by atoms with E-state index in [0.717, 1.165) is 5.92 Å². The lowest BCUT2D eigenvalue weighted by atomic mass is 9.83. The van der Waals surface area contributed by atoms with Gasteiger partial charge in [0.1, 0.15) is 0 Å². The maximum atomic E-state index is 6.52. The number of ether oxygens (including phenoxy) is 1. The van der Waals surface area contributed by atoms with Crippen LogP contribution >= 0.6 is 15.9 Å². The molecule has 3 rings (SSSR count). The van der Waals surface area contributed by atoms with Crippen molar-refractivity contribution in [2.24, 2.45) is 5.92 Å². The molecule has 2 heterocycles. The van der Waals surface area contributed by atoms with E-state index in [1.54, 1.807) is 0 Å². The summed E-state index contributed by atoms with van der Waals surface area (Å²) >= 11 is 3.75. The van der Waals surface area contributed by atoms with Gasteiger partial charge in [-0.25, -0.2) is 0 Å². The Kier molecular flexibility index (Phi) is 5.10. The number of rotatable bonds is 3. The van der Waals surface area contributed by atoms with E-state index in [1.807, 2.05) is 0 Å². The topological polar surface area (TPSA) is 12.5 Å². The van der Waals surface area contributed by atoms with Crippen molar-refractivity contribution in [1.29, 1.82) is 0 Å². The van der Waals surface area contributed by atoms with E-state index in [2.05, 4.69) is 27.8 Å². The molecule has 3 aliphatic rings. The Hall–Kier alpha value is 0.400. The molecule has 0 N–H and O–H groups in total. The van der Waals surface area contributed by atoms with Crippen LogP contribution in [0.5, 0.6) is 0 Å². The summed E-state index contributed by atoms with van der Waals surface area (Å²) in [5.74, 6) is 0.875. The highest BCUT2D eigenvalue weighted by molar-refractivity contribution is 9.09. The van der Waals surface area contributed by atoms with Crippen molar-refractivity contribution in [3.63, 3.8) is 0 Å². The van der Waals surface area contributed by atoms with Crippen LogP contribution in [-0.2, 0) is 4.74 Å².